The fourth-order valence-corrected chi connectivity index (χ4v) is 3.50. The van der Waals surface area contributed by atoms with E-state index < -0.39 is 10.0 Å². The minimum atomic E-state index is -3.14. The van der Waals surface area contributed by atoms with E-state index in [0.29, 0.717) is 18.8 Å². The molecule has 0 spiro atoms. The summed E-state index contributed by atoms with van der Waals surface area (Å²) in [5.41, 5.74) is 0.590. The van der Waals surface area contributed by atoms with Crippen LogP contribution in [0.2, 0.25) is 0 Å². The van der Waals surface area contributed by atoms with Crippen LogP contribution in [-0.4, -0.2) is 42.7 Å². The molecule has 1 saturated heterocycles. The number of hydrogen-bond acceptors (Lipinski definition) is 4. The molecular formula is C11H16BrN3O3S. The molecule has 1 aromatic rings. The first-order chi connectivity index (χ1) is 8.77. The van der Waals surface area contributed by atoms with Crippen molar-refractivity contribution >= 4 is 31.6 Å². The summed E-state index contributed by atoms with van der Waals surface area (Å²) in [6.07, 6.45) is 3.63. The molecular weight excluding hydrogens is 334 g/mol. The van der Waals surface area contributed by atoms with Crippen LogP contribution >= 0.6 is 15.9 Å². The van der Waals surface area contributed by atoms with Crippen molar-refractivity contribution in [2.75, 3.05) is 24.7 Å². The second-order valence-corrected chi connectivity index (χ2v) is 7.57. The summed E-state index contributed by atoms with van der Waals surface area (Å²) in [4.78, 5) is 11.6. The topological polar surface area (TPSA) is 71.4 Å². The van der Waals surface area contributed by atoms with Gasteiger partial charge in [0, 0.05) is 38.4 Å². The summed E-state index contributed by atoms with van der Waals surface area (Å²) in [7, 11) is -1.46. The van der Waals surface area contributed by atoms with Crippen molar-refractivity contribution < 1.29 is 8.42 Å². The smallest absolute Gasteiger partial charge is 0.252 e. The van der Waals surface area contributed by atoms with Crippen LogP contribution in [0.1, 0.15) is 6.42 Å². The van der Waals surface area contributed by atoms with Crippen molar-refractivity contribution in [2.24, 2.45) is 7.05 Å². The number of anilines is 1. The average molecular weight is 350 g/mol. The molecule has 0 amide bonds. The highest BCUT2D eigenvalue weighted by molar-refractivity contribution is 9.10. The van der Waals surface area contributed by atoms with Gasteiger partial charge in [-0.05, 0) is 22.4 Å². The zero-order valence-corrected chi connectivity index (χ0v) is 13.2. The lowest BCUT2D eigenvalue weighted by molar-refractivity contribution is 0.480. The van der Waals surface area contributed by atoms with E-state index in [9.17, 15) is 13.2 Å². The van der Waals surface area contributed by atoms with E-state index in [1.807, 2.05) is 0 Å². The zero-order valence-electron chi connectivity index (χ0n) is 10.8. The van der Waals surface area contributed by atoms with E-state index in [2.05, 4.69) is 21.2 Å². The maximum absolute atomic E-state index is 11.6. The Morgan fingerprint density at radius 1 is 1.47 bits per heavy atom. The first kappa shape index (κ1) is 14.5. The van der Waals surface area contributed by atoms with Gasteiger partial charge in [0.25, 0.3) is 5.56 Å². The molecule has 1 aliphatic rings. The minimum Gasteiger partial charge on any atom is -0.380 e. The quantitative estimate of drug-likeness (QED) is 0.866. The van der Waals surface area contributed by atoms with Crippen LogP contribution in [0, 0.1) is 0 Å². The lowest BCUT2D eigenvalue weighted by Crippen LogP contribution is -2.31. The van der Waals surface area contributed by atoms with Gasteiger partial charge in [-0.25, -0.2) is 12.7 Å². The first-order valence-corrected chi connectivity index (χ1v) is 8.49. The highest BCUT2D eigenvalue weighted by Gasteiger charge is 2.28. The van der Waals surface area contributed by atoms with Crippen molar-refractivity contribution in [3.63, 3.8) is 0 Å². The Morgan fingerprint density at radius 3 is 2.74 bits per heavy atom. The van der Waals surface area contributed by atoms with Crippen molar-refractivity contribution in [1.29, 1.82) is 0 Å². The molecule has 19 heavy (non-hydrogen) atoms. The van der Waals surface area contributed by atoms with Gasteiger partial charge in [0.1, 0.15) is 0 Å². The molecule has 2 heterocycles. The van der Waals surface area contributed by atoms with Crippen LogP contribution in [0.15, 0.2) is 21.5 Å². The fraction of sp³-hybridized carbons (Fsp3) is 0.545. The summed E-state index contributed by atoms with van der Waals surface area (Å²) < 4.78 is 26.6. The van der Waals surface area contributed by atoms with E-state index >= 15 is 0 Å². The predicted octanol–water partition coefficient (Wildman–Crippen LogP) is 0.594. The number of nitrogens with zero attached hydrogens (tertiary/aromatic N) is 2. The minimum absolute atomic E-state index is 0.0260. The van der Waals surface area contributed by atoms with Crippen molar-refractivity contribution in [3.8, 4) is 0 Å². The number of pyridine rings is 1. The second-order valence-electron chi connectivity index (χ2n) is 4.74. The number of sulfonamides is 1. The maximum atomic E-state index is 11.6. The number of halogens is 1. The molecule has 2 rings (SSSR count). The van der Waals surface area contributed by atoms with E-state index in [4.69, 9.17) is 0 Å². The summed E-state index contributed by atoms with van der Waals surface area (Å²) >= 11 is 3.39. The summed E-state index contributed by atoms with van der Waals surface area (Å²) in [6, 6.07) is 1.53. The number of hydrogen-bond donors (Lipinski definition) is 1. The molecule has 0 saturated carbocycles. The Labute approximate surface area is 120 Å². The molecule has 6 nitrogen and oxygen atoms in total. The van der Waals surface area contributed by atoms with Gasteiger partial charge in [-0.2, -0.15) is 0 Å². The van der Waals surface area contributed by atoms with Gasteiger partial charge in [-0.15, -0.1) is 0 Å². The van der Waals surface area contributed by atoms with Crippen LogP contribution in [0.5, 0.6) is 0 Å². The lowest BCUT2D eigenvalue weighted by atomic mass is 10.2. The Kier molecular flexibility index (Phi) is 4.03. The van der Waals surface area contributed by atoms with E-state index in [1.165, 1.54) is 21.2 Å². The molecule has 1 unspecified atom stereocenters. The third-order valence-corrected chi connectivity index (χ3v) is 5.06. The normalized spacial score (nSPS) is 20.7. The molecule has 8 heteroatoms. The van der Waals surface area contributed by atoms with E-state index in [-0.39, 0.29) is 11.6 Å². The van der Waals surface area contributed by atoms with Crippen LogP contribution in [0.3, 0.4) is 0 Å². The summed E-state index contributed by atoms with van der Waals surface area (Å²) in [5.74, 6) is 0. The number of rotatable bonds is 3. The molecule has 0 radical (unpaired) electrons. The molecule has 0 bridgehead atoms. The van der Waals surface area contributed by atoms with Crippen LogP contribution < -0.4 is 10.9 Å². The van der Waals surface area contributed by atoms with Gasteiger partial charge in [0.05, 0.1) is 16.4 Å². The zero-order chi connectivity index (χ0) is 14.2. The van der Waals surface area contributed by atoms with Crippen LogP contribution in [0.4, 0.5) is 5.69 Å². The predicted molar refractivity (Wildman–Crippen MR) is 77.8 cm³/mol. The Morgan fingerprint density at radius 2 is 2.16 bits per heavy atom. The van der Waals surface area contributed by atoms with Gasteiger partial charge < -0.3 is 9.88 Å². The highest BCUT2D eigenvalue weighted by atomic mass is 79.9. The second kappa shape index (κ2) is 5.26. The molecule has 0 aromatic carbocycles. The van der Waals surface area contributed by atoms with Crippen molar-refractivity contribution in [2.45, 2.75) is 12.5 Å². The van der Waals surface area contributed by atoms with Gasteiger partial charge in [0.2, 0.25) is 10.0 Å². The Balaban J connectivity index is 2.12. The molecule has 1 fully saturated rings. The monoisotopic (exact) mass is 349 g/mol. The number of aryl methyl sites for hydroxylation is 1. The molecule has 106 valence electrons. The Hall–Kier alpha value is -0.860. The molecule has 1 N–H and O–H groups in total. The summed E-state index contributed by atoms with van der Waals surface area (Å²) in [5, 5.41) is 3.21. The largest absolute Gasteiger partial charge is 0.380 e. The first-order valence-electron chi connectivity index (χ1n) is 5.85. The SMILES string of the molecule is Cn1cc(Br)c(NC2CCN(S(C)(=O)=O)C2)cc1=O. The van der Waals surface area contributed by atoms with E-state index in [1.54, 1.807) is 13.2 Å². The number of nitrogens with one attached hydrogen (secondary N) is 1. The van der Waals surface area contributed by atoms with Crippen molar-refractivity contribution in [1.82, 2.24) is 8.87 Å². The lowest BCUT2D eigenvalue weighted by Gasteiger charge is -2.16. The standard InChI is InChI=1S/C11H16BrN3O3S/c1-14-7-9(12)10(5-11(14)16)13-8-3-4-15(6-8)19(2,17)18/h5,7-8,13H,3-4,6H2,1-2H3. The average Bonchev–Trinajstić information content (AvgIpc) is 2.74. The maximum Gasteiger partial charge on any atom is 0.252 e. The summed E-state index contributed by atoms with van der Waals surface area (Å²) in [6.45, 7) is 0.944. The van der Waals surface area contributed by atoms with Crippen LogP contribution in [-0.2, 0) is 17.1 Å². The van der Waals surface area contributed by atoms with Gasteiger partial charge in [0.15, 0.2) is 0 Å². The molecule has 1 aliphatic heterocycles. The van der Waals surface area contributed by atoms with Crippen LogP contribution in [0.25, 0.3) is 0 Å². The molecule has 0 aliphatic carbocycles. The third-order valence-electron chi connectivity index (χ3n) is 3.16. The van der Waals surface area contributed by atoms with E-state index in [0.717, 1.165) is 10.9 Å². The van der Waals surface area contributed by atoms with Gasteiger partial charge in [-0.3, -0.25) is 4.79 Å². The number of aromatic nitrogens is 1. The van der Waals surface area contributed by atoms with Gasteiger partial charge in [-0.1, -0.05) is 0 Å². The van der Waals surface area contributed by atoms with Crippen molar-refractivity contribution in [3.05, 3.63) is 27.1 Å². The fourth-order valence-electron chi connectivity index (χ4n) is 2.08. The third kappa shape index (κ3) is 3.37. The molecule has 1 aromatic heterocycles. The highest BCUT2D eigenvalue weighted by Crippen LogP contribution is 2.23. The van der Waals surface area contributed by atoms with Gasteiger partial charge >= 0.3 is 0 Å². The molecule has 1 atom stereocenters. The Bertz CT molecular complexity index is 641.